The number of amides is 1. The molecule has 0 spiro atoms. The molecule has 0 bridgehead atoms. The van der Waals surface area contributed by atoms with E-state index in [0.717, 1.165) is 12.8 Å². The van der Waals surface area contributed by atoms with E-state index in [9.17, 15) is 18.0 Å². The molecule has 2 aromatic carbocycles. The first kappa shape index (κ1) is 22.8. The molecule has 0 aliphatic heterocycles. The number of carbonyl (C=O) groups excluding carboxylic acids is 2. The molecule has 0 saturated heterocycles. The third-order valence-electron chi connectivity index (χ3n) is 5.99. The van der Waals surface area contributed by atoms with Crippen LogP contribution < -0.4 is 9.62 Å². The number of nitrogens with one attached hydrogen (secondary N) is 1. The summed E-state index contributed by atoms with van der Waals surface area (Å²) in [6.45, 7) is 1.86. The second kappa shape index (κ2) is 9.09. The van der Waals surface area contributed by atoms with Crippen LogP contribution in [0.3, 0.4) is 0 Å². The summed E-state index contributed by atoms with van der Waals surface area (Å²) in [5.41, 5.74) is 0.167. The number of sulfonamides is 1. The van der Waals surface area contributed by atoms with Crippen LogP contribution in [0.1, 0.15) is 43.0 Å². The molecule has 1 amide bonds. The van der Waals surface area contributed by atoms with Gasteiger partial charge in [0.25, 0.3) is 15.9 Å². The smallest absolute Gasteiger partial charge is 0.311 e. The number of hydrogen-bond acceptors (Lipinski definition) is 5. The largest absolute Gasteiger partial charge is 0.469 e. The Hall–Kier alpha value is -2.87. The molecule has 8 heteroatoms. The topological polar surface area (TPSA) is 92.8 Å². The lowest BCUT2D eigenvalue weighted by Crippen LogP contribution is -2.55. The maximum atomic E-state index is 12.9. The van der Waals surface area contributed by atoms with Gasteiger partial charge in [-0.1, -0.05) is 31.0 Å². The van der Waals surface area contributed by atoms with Crippen molar-refractivity contribution in [3.63, 3.8) is 0 Å². The van der Waals surface area contributed by atoms with Crippen molar-refractivity contribution in [1.82, 2.24) is 5.32 Å². The van der Waals surface area contributed by atoms with Gasteiger partial charge in [-0.25, -0.2) is 8.42 Å². The van der Waals surface area contributed by atoms with Crippen molar-refractivity contribution in [3.05, 3.63) is 60.2 Å². The average Bonchev–Trinajstić information content (AvgIpc) is 2.78. The van der Waals surface area contributed by atoms with Crippen molar-refractivity contribution in [2.75, 3.05) is 18.5 Å². The normalized spacial score (nSPS) is 21.2. The van der Waals surface area contributed by atoms with Gasteiger partial charge in [0.1, 0.15) is 0 Å². The monoisotopic (exact) mass is 444 g/mol. The van der Waals surface area contributed by atoms with Crippen LogP contribution in [0.25, 0.3) is 0 Å². The van der Waals surface area contributed by atoms with Crippen molar-refractivity contribution >= 4 is 27.6 Å². The fraction of sp³-hybridized carbons (Fsp3) is 0.391. The highest BCUT2D eigenvalue weighted by Gasteiger charge is 2.42. The van der Waals surface area contributed by atoms with E-state index in [0.29, 0.717) is 24.1 Å². The van der Waals surface area contributed by atoms with Crippen LogP contribution in [0, 0.1) is 5.92 Å². The maximum absolute atomic E-state index is 12.9. The van der Waals surface area contributed by atoms with Gasteiger partial charge in [0.05, 0.1) is 29.1 Å². The van der Waals surface area contributed by atoms with Crippen molar-refractivity contribution in [2.24, 2.45) is 5.92 Å². The quantitative estimate of drug-likeness (QED) is 0.690. The second-order valence-electron chi connectivity index (χ2n) is 8.03. The van der Waals surface area contributed by atoms with Crippen molar-refractivity contribution in [2.45, 2.75) is 43.0 Å². The summed E-state index contributed by atoms with van der Waals surface area (Å²) in [7, 11) is -0.916. The lowest BCUT2D eigenvalue weighted by atomic mass is 9.73. The van der Waals surface area contributed by atoms with E-state index in [1.807, 2.05) is 13.0 Å². The molecular formula is C23H28N2O5S. The molecule has 1 aliphatic carbocycles. The Kier molecular flexibility index (Phi) is 6.69. The predicted octanol–water partition coefficient (Wildman–Crippen LogP) is 3.36. The molecular weight excluding hydrogens is 416 g/mol. The van der Waals surface area contributed by atoms with Gasteiger partial charge in [-0.05, 0) is 56.2 Å². The van der Waals surface area contributed by atoms with Crippen LogP contribution in [0.15, 0.2) is 59.5 Å². The van der Waals surface area contributed by atoms with Crippen molar-refractivity contribution in [3.8, 4) is 0 Å². The summed E-state index contributed by atoms with van der Waals surface area (Å²) < 4.78 is 31.9. The van der Waals surface area contributed by atoms with Crippen LogP contribution in [0.5, 0.6) is 0 Å². The van der Waals surface area contributed by atoms with Crippen LogP contribution in [0.2, 0.25) is 0 Å². The number of benzene rings is 2. The molecule has 31 heavy (non-hydrogen) atoms. The number of nitrogens with zero attached hydrogens (tertiary/aromatic N) is 1. The zero-order chi connectivity index (χ0) is 22.6. The molecule has 1 N–H and O–H groups in total. The predicted molar refractivity (Wildman–Crippen MR) is 118 cm³/mol. The van der Waals surface area contributed by atoms with E-state index >= 15 is 0 Å². The van der Waals surface area contributed by atoms with Crippen molar-refractivity contribution in [1.29, 1.82) is 0 Å². The number of methoxy groups -OCH3 is 1. The Morgan fingerprint density at radius 1 is 1.06 bits per heavy atom. The SMILES string of the molecule is COC(=O)[C@H]1CCCC[C@@]1(C)NC(=O)c1ccc(S(=O)(=O)N(C)c2ccccc2)cc1. The lowest BCUT2D eigenvalue weighted by Gasteiger charge is -2.40. The number of rotatable bonds is 6. The first-order valence-electron chi connectivity index (χ1n) is 10.2. The van der Waals surface area contributed by atoms with Crippen LogP contribution in [-0.2, 0) is 19.6 Å². The highest BCUT2D eigenvalue weighted by molar-refractivity contribution is 7.92. The van der Waals surface area contributed by atoms with Gasteiger partial charge in [0.15, 0.2) is 0 Å². The maximum Gasteiger partial charge on any atom is 0.311 e. The number of hydrogen-bond donors (Lipinski definition) is 1. The molecule has 0 heterocycles. The fourth-order valence-corrected chi connectivity index (χ4v) is 5.24. The third kappa shape index (κ3) is 4.74. The zero-order valence-electron chi connectivity index (χ0n) is 18.0. The molecule has 3 rings (SSSR count). The molecule has 2 aromatic rings. The van der Waals surface area contributed by atoms with Crippen LogP contribution >= 0.6 is 0 Å². The van der Waals surface area contributed by atoms with Crippen LogP contribution in [-0.4, -0.2) is 40.0 Å². The summed E-state index contributed by atoms with van der Waals surface area (Å²) in [4.78, 5) is 25.1. The summed E-state index contributed by atoms with van der Waals surface area (Å²) in [6.07, 6.45) is 3.15. The Morgan fingerprint density at radius 2 is 1.71 bits per heavy atom. The molecule has 166 valence electrons. The number of ether oxygens (including phenoxy) is 1. The number of anilines is 1. The zero-order valence-corrected chi connectivity index (χ0v) is 18.8. The Morgan fingerprint density at radius 3 is 2.32 bits per heavy atom. The number of carbonyl (C=O) groups is 2. The first-order valence-corrected chi connectivity index (χ1v) is 11.7. The van der Waals surface area contributed by atoms with Gasteiger partial charge in [0.2, 0.25) is 0 Å². The summed E-state index contributed by atoms with van der Waals surface area (Å²) in [5.74, 6) is -1.08. The molecule has 7 nitrogen and oxygen atoms in total. The fourth-order valence-electron chi connectivity index (χ4n) is 4.05. The van der Waals surface area contributed by atoms with Crippen LogP contribution in [0.4, 0.5) is 5.69 Å². The summed E-state index contributed by atoms with van der Waals surface area (Å²) >= 11 is 0. The Labute approximate surface area is 183 Å². The minimum Gasteiger partial charge on any atom is -0.469 e. The van der Waals surface area contributed by atoms with Gasteiger partial charge < -0.3 is 10.1 Å². The van der Waals surface area contributed by atoms with Gasteiger partial charge in [-0.2, -0.15) is 0 Å². The van der Waals surface area contributed by atoms with E-state index in [2.05, 4.69) is 5.32 Å². The molecule has 1 aliphatic rings. The van der Waals surface area contributed by atoms with E-state index in [1.54, 1.807) is 24.3 Å². The average molecular weight is 445 g/mol. The second-order valence-corrected chi connectivity index (χ2v) is 9.99. The van der Waals surface area contributed by atoms with E-state index in [-0.39, 0.29) is 16.8 Å². The van der Waals surface area contributed by atoms with E-state index in [1.165, 1.54) is 42.7 Å². The highest BCUT2D eigenvalue weighted by atomic mass is 32.2. The van der Waals surface area contributed by atoms with Crippen molar-refractivity contribution < 1.29 is 22.7 Å². The summed E-state index contributed by atoms with van der Waals surface area (Å²) in [6, 6.07) is 14.6. The molecule has 1 fully saturated rings. The van der Waals surface area contributed by atoms with Gasteiger partial charge in [0, 0.05) is 12.6 Å². The number of para-hydroxylation sites is 1. The Bertz CT molecular complexity index is 1040. The molecule has 2 atom stereocenters. The highest BCUT2D eigenvalue weighted by Crippen LogP contribution is 2.34. The Balaban J connectivity index is 1.78. The van der Waals surface area contributed by atoms with Gasteiger partial charge in [-0.3, -0.25) is 13.9 Å². The minimum absolute atomic E-state index is 0.0896. The third-order valence-corrected chi connectivity index (χ3v) is 7.79. The summed E-state index contributed by atoms with van der Waals surface area (Å²) in [5, 5.41) is 2.98. The molecule has 0 radical (unpaired) electrons. The van der Waals surface area contributed by atoms with E-state index in [4.69, 9.17) is 4.74 Å². The minimum atomic E-state index is -3.76. The molecule has 1 saturated carbocycles. The van der Waals surface area contributed by atoms with Gasteiger partial charge >= 0.3 is 5.97 Å². The molecule has 0 aromatic heterocycles. The standard InChI is InChI=1S/C23H28N2O5S/c1-23(16-8-7-11-20(23)22(27)30-3)24-21(26)17-12-14-19(15-13-17)31(28,29)25(2)18-9-5-4-6-10-18/h4-6,9-10,12-15,20H,7-8,11,16H2,1-3H3,(H,24,26)/t20-,23-/m1/s1. The first-order chi connectivity index (χ1) is 14.7. The van der Waals surface area contributed by atoms with Gasteiger partial charge in [-0.15, -0.1) is 0 Å². The number of esters is 1. The molecule has 0 unspecified atom stereocenters. The lowest BCUT2D eigenvalue weighted by molar-refractivity contribution is -0.149. The van der Waals surface area contributed by atoms with E-state index < -0.39 is 21.5 Å².